The summed E-state index contributed by atoms with van der Waals surface area (Å²) in [6.45, 7) is 5.96. The van der Waals surface area contributed by atoms with Crippen LogP contribution < -0.4 is 5.32 Å². The summed E-state index contributed by atoms with van der Waals surface area (Å²) >= 11 is 0. The number of carbonyl (C=O) groups excluding carboxylic acids is 1. The number of aryl methyl sites for hydroxylation is 1. The smallest absolute Gasteiger partial charge is 0.260 e. The summed E-state index contributed by atoms with van der Waals surface area (Å²) < 4.78 is 5.45. The maximum absolute atomic E-state index is 12.9. The number of nitrogens with one attached hydrogen (secondary N) is 1. The molecule has 0 aliphatic carbocycles. The fraction of sp³-hybridized carbons (Fsp3) is 0.160. The minimum absolute atomic E-state index is 0.161. The second kappa shape index (κ2) is 8.33. The average Bonchev–Trinajstić information content (AvgIpc) is 3.26. The van der Waals surface area contributed by atoms with Crippen LogP contribution in [0.3, 0.4) is 0 Å². The number of para-hydroxylation sites is 1. The molecule has 0 atom stereocenters. The Bertz CT molecular complexity index is 1160. The third kappa shape index (κ3) is 4.01. The van der Waals surface area contributed by atoms with Crippen LogP contribution in [0.2, 0.25) is 0 Å². The maximum atomic E-state index is 12.9. The lowest BCUT2D eigenvalue weighted by Crippen LogP contribution is -2.13. The van der Waals surface area contributed by atoms with Crippen molar-refractivity contribution in [1.82, 2.24) is 10.1 Å². The molecule has 0 radical (unpaired) electrons. The molecule has 0 spiro atoms. The third-order valence-electron chi connectivity index (χ3n) is 4.95. The maximum Gasteiger partial charge on any atom is 0.260 e. The van der Waals surface area contributed by atoms with Crippen molar-refractivity contribution in [2.75, 3.05) is 5.32 Å². The van der Waals surface area contributed by atoms with Gasteiger partial charge < -0.3 is 9.84 Å². The second-order valence-corrected chi connectivity index (χ2v) is 7.51. The van der Waals surface area contributed by atoms with Crippen molar-refractivity contribution in [3.05, 3.63) is 89.7 Å². The van der Waals surface area contributed by atoms with E-state index in [2.05, 4.69) is 15.5 Å². The van der Waals surface area contributed by atoms with Gasteiger partial charge in [0.05, 0.1) is 11.3 Å². The number of anilines is 1. The lowest BCUT2D eigenvalue weighted by molar-refractivity contribution is 0.102. The average molecular weight is 397 g/mol. The van der Waals surface area contributed by atoms with Crippen LogP contribution in [-0.4, -0.2) is 16.0 Å². The Balaban J connectivity index is 1.60. The summed E-state index contributed by atoms with van der Waals surface area (Å²) in [7, 11) is 0. The van der Waals surface area contributed by atoms with Crippen LogP contribution >= 0.6 is 0 Å². The van der Waals surface area contributed by atoms with Crippen LogP contribution in [0.1, 0.15) is 41.5 Å². The van der Waals surface area contributed by atoms with Gasteiger partial charge in [0.1, 0.15) is 0 Å². The van der Waals surface area contributed by atoms with Gasteiger partial charge in [-0.15, -0.1) is 0 Å². The van der Waals surface area contributed by atoms with E-state index in [1.807, 2.05) is 93.6 Å². The zero-order valence-corrected chi connectivity index (χ0v) is 17.2. The molecule has 0 saturated heterocycles. The molecule has 5 heteroatoms. The minimum Gasteiger partial charge on any atom is -0.334 e. The van der Waals surface area contributed by atoms with Crippen LogP contribution in [0.15, 0.2) is 77.3 Å². The van der Waals surface area contributed by atoms with Gasteiger partial charge >= 0.3 is 0 Å². The summed E-state index contributed by atoms with van der Waals surface area (Å²) in [5.41, 5.74) is 5.07. The number of amides is 1. The molecule has 1 aromatic heterocycles. The summed E-state index contributed by atoms with van der Waals surface area (Å²) in [6.07, 6.45) is 0. The van der Waals surface area contributed by atoms with Gasteiger partial charge in [-0.2, -0.15) is 4.98 Å². The Kier molecular flexibility index (Phi) is 5.44. The highest BCUT2D eigenvalue weighted by molar-refractivity contribution is 6.06. The molecule has 0 saturated carbocycles. The molecule has 5 nitrogen and oxygen atoms in total. The number of hydrogen-bond acceptors (Lipinski definition) is 4. The lowest BCUT2D eigenvalue weighted by Gasteiger charge is -2.12. The SMILES string of the molecule is Cc1cccc(-c2nc(C(C)C)no2)c1NC(=O)c1ccc(-c2ccccc2)cc1. The van der Waals surface area contributed by atoms with E-state index in [1.165, 1.54) is 0 Å². The quantitative estimate of drug-likeness (QED) is 0.443. The van der Waals surface area contributed by atoms with Crippen molar-refractivity contribution in [2.24, 2.45) is 0 Å². The first-order valence-corrected chi connectivity index (χ1v) is 9.93. The number of carbonyl (C=O) groups is 1. The molecule has 4 rings (SSSR count). The molecule has 1 heterocycles. The molecule has 0 aliphatic heterocycles. The van der Waals surface area contributed by atoms with Gasteiger partial charge in [0.2, 0.25) is 0 Å². The zero-order chi connectivity index (χ0) is 21.1. The molecule has 0 fully saturated rings. The van der Waals surface area contributed by atoms with E-state index in [1.54, 1.807) is 0 Å². The predicted molar refractivity (Wildman–Crippen MR) is 118 cm³/mol. The van der Waals surface area contributed by atoms with E-state index in [4.69, 9.17) is 4.52 Å². The monoisotopic (exact) mass is 397 g/mol. The fourth-order valence-corrected chi connectivity index (χ4v) is 3.22. The van der Waals surface area contributed by atoms with Crippen LogP contribution in [0, 0.1) is 6.92 Å². The number of benzene rings is 3. The van der Waals surface area contributed by atoms with Crippen molar-refractivity contribution < 1.29 is 9.32 Å². The molecule has 3 aromatic carbocycles. The molecule has 30 heavy (non-hydrogen) atoms. The van der Waals surface area contributed by atoms with Gasteiger partial charge in [0.25, 0.3) is 11.8 Å². The summed E-state index contributed by atoms with van der Waals surface area (Å²) in [4.78, 5) is 17.4. The van der Waals surface area contributed by atoms with Crippen LogP contribution in [0.5, 0.6) is 0 Å². The van der Waals surface area contributed by atoms with Gasteiger partial charge in [-0.3, -0.25) is 4.79 Å². The highest BCUT2D eigenvalue weighted by Gasteiger charge is 2.18. The number of nitrogens with zero attached hydrogens (tertiary/aromatic N) is 2. The van der Waals surface area contributed by atoms with Crippen molar-refractivity contribution in [3.63, 3.8) is 0 Å². The molecule has 1 N–H and O–H groups in total. The van der Waals surface area contributed by atoms with E-state index < -0.39 is 0 Å². The first-order valence-electron chi connectivity index (χ1n) is 9.93. The molecule has 4 aromatic rings. The standard InChI is InChI=1S/C25H23N3O2/c1-16(2)23-27-25(30-28-23)21-11-7-8-17(3)22(21)26-24(29)20-14-12-19(13-15-20)18-9-5-4-6-10-18/h4-16H,1-3H3,(H,26,29). The van der Waals surface area contributed by atoms with Gasteiger partial charge in [-0.1, -0.05) is 73.6 Å². The third-order valence-corrected chi connectivity index (χ3v) is 4.95. The number of aromatic nitrogens is 2. The van der Waals surface area contributed by atoms with Crippen molar-refractivity contribution in [2.45, 2.75) is 26.7 Å². The first-order chi connectivity index (χ1) is 14.5. The Morgan fingerprint density at radius 2 is 1.60 bits per heavy atom. The molecule has 0 unspecified atom stereocenters. The molecule has 150 valence electrons. The van der Waals surface area contributed by atoms with Crippen molar-refractivity contribution in [1.29, 1.82) is 0 Å². The highest BCUT2D eigenvalue weighted by atomic mass is 16.5. The normalized spacial score (nSPS) is 10.9. The van der Waals surface area contributed by atoms with Crippen LogP contribution in [0.25, 0.3) is 22.6 Å². The molecular weight excluding hydrogens is 374 g/mol. The second-order valence-electron chi connectivity index (χ2n) is 7.51. The van der Waals surface area contributed by atoms with Crippen molar-refractivity contribution in [3.8, 4) is 22.6 Å². The molecule has 0 bridgehead atoms. The minimum atomic E-state index is -0.186. The van der Waals surface area contributed by atoms with Crippen LogP contribution in [0.4, 0.5) is 5.69 Å². The van der Waals surface area contributed by atoms with E-state index in [9.17, 15) is 4.79 Å². The van der Waals surface area contributed by atoms with Gasteiger partial charge in [0.15, 0.2) is 5.82 Å². The van der Waals surface area contributed by atoms with Gasteiger partial charge in [0, 0.05) is 11.5 Å². The Labute approximate surface area is 175 Å². The number of rotatable bonds is 5. The fourth-order valence-electron chi connectivity index (χ4n) is 3.22. The Hall–Kier alpha value is -3.73. The van der Waals surface area contributed by atoms with E-state index in [0.29, 0.717) is 28.5 Å². The van der Waals surface area contributed by atoms with Crippen molar-refractivity contribution >= 4 is 11.6 Å². The zero-order valence-electron chi connectivity index (χ0n) is 17.2. The van der Waals surface area contributed by atoms with E-state index >= 15 is 0 Å². The van der Waals surface area contributed by atoms with Gasteiger partial charge in [-0.05, 0) is 41.8 Å². The Morgan fingerprint density at radius 1 is 0.900 bits per heavy atom. The predicted octanol–water partition coefficient (Wildman–Crippen LogP) is 6.09. The summed E-state index contributed by atoms with van der Waals surface area (Å²) in [5.74, 6) is 1.01. The Morgan fingerprint density at radius 3 is 2.27 bits per heavy atom. The molecule has 0 aliphatic rings. The summed E-state index contributed by atoms with van der Waals surface area (Å²) in [5, 5.41) is 7.06. The first kappa shape index (κ1) is 19.6. The summed E-state index contributed by atoms with van der Waals surface area (Å²) in [6, 6.07) is 23.4. The van der Waals surface area contributed by atoms with Gasteiger partial charge in [-0.25, -0.2) is 0 Å². The molecule has 1 amide bonds. The van der Waals surface area contributed by atoms with E-state index in [-0.39, 0.29) is 11.8 Å². The largest absolute Gasteiger partial charge is 0.334 e. The number of hydrogen-bond donors (Lipinski definition) is 1. The van der Waals surface area contributed by atoms with Crippen LogP contribution in [-0.2, 0) is 0 Å². The van der Waals surface area contributed by atoms with E-state index in [0.717, 1.165) is 16.7 Å². The topological polar surface area (TPSA) is 68.0 Å². The highest BCUT2D eigenvalue weighted by Crippen LogP contribution is 2.31. The lowest BCUT2D eigenvalue weighted by atomic mass is 10.0. The molecular formula is C25H23N3O2.